The quantitative estimate of drug-likeness (QED) is 0.793. The molecular weight excluding hydrogens is 332 g/mol. The van der Waals surface area contributed by atoms with Crippen molar-refractivity contribution in [3.8, 4) is 5.75 Å². The van der Waals surface area contributed by atoms with Gasteiger partial charge in [-0.05, 0) is 31.2 Å². The van der Waals surface area contributed by atoms with Crippen molar-refractivity contribution in [1.29, 1.82) is 0 Å². The Kier molecular flexibility index (Phi) is 6.08. The van der Waals surface area contributed by atoms with Crippen LogP contribution >= 0.6 is 0 Å². The van der Waals surface area contributed by atoms with E-state index in [1.807, 2.05) is 47.2 Å². The van der Waals surface area contributed by atoms with Gasteiger partial charge < -0.3 is 24.7 Å². The van der Waals surface area contributed by atoms with Crippen molar-refractivity contribution in [1.82, 2.24) is 9.80 Å². The number of rotatable bonds is 6. The molecule has 0 saturated carbocycles. The molecule has 26 heavy (non-hydrogen) atoms. The van der Waals surface area contributed by atoms with Crippen molar-refractivity contribution >= 4 is 12.0 Å². The first kappa shape index (κ1) is 18.6. The molecule has 0 aliphatic carbocycles. The lowest BCUT2D eigenvalue weighted by Crippen LogP contribution is -2.33. The summed E-state index contributed by atoms with van der Waals surface area (Å²) < 4.78 is 5.56. The van der Waals surface area contributed by atoms with Gasteiger partial charge in [-0.15, -0.1) is 0 Å². The monoisotopic (exact) mass is 358 g/mol. The minimum atomic E-state index is -0.0488. The lowest BCUT2D eigenvalue weighted by molar-refractivity contribution is -0.126. The summed E-state index contributed by atoms with van der Waals surface area (Å²) in [5, 5.41) is 18.8. The maximum Gasteiger partial charge on any atom is 0.254 e. The summed E-state index contributed by atoms with van der Waals surface area (Å²) in [6, 6.07) is 7.60. The third kappa shape index (κ3) is 4.15. The highest BCUT2D eigenvalue weighted by molar-refractivity contribution is 6.01. The molecule has 2 aliphatic rings. The van der Waals surface area contributed by atoms with Gasteiger partial charge in [0, 0.05) is 49.8 Å². The molecular formula is C20H26N2O4. The molecule has 0 bridgehead atoms. The molecule has 0 unspecified atom stereocenters. The number of aliphatic hydroxyl groups excluding tert-OH is 2. The van der Waals surface area contributed by atoms with Crippen molar-refractivity contribution in [2.75, 3.05) is 46.4 Å². The van der Waals surface area contributed by atoms with E-state index in [1.165, 1.54) is 0 Å². The number of nitrogens with zero attached hydrogens (tertiary/aromatic N) is 2. The number of carbonyl (C=O) groups excluding carboxylic acids is 1. The van der Waals surface area contributed by atoms with Crippen molar-refractivity contribution in [3.05, 3.63) is 47.7 Å². The highest BCUT2D eigenvalue weighted by Gasteiger charge is 2.36. The minimum Gasteiger partial charge on any atom is -0.464 e. The topological polar surface area (TPSA) is 73.2 Å². The second-order valence-corrected chi connectivity index (χ2v) is 6.96. The largest absolute Gasteiger partial charge is 0.464 e. The molecule has 3 rings (SSSR count). The van der Waals surface area contributed by atoms with E-state index < -0.39 is 0 Å². The lowest BCUT2D eigenvalue weighted by Gasteiger charge is -2.23. The predicted molar refractivity (Wildman–Crippen MR) is 99.4 cm³/mol. The molecule has 1 aromatic rings. The van der Waals surface area contributed by atoms with Crippen LogP contribution in [0.1, 0.15) is 5.56 Å². The second-order valence-electron chi connectivity index (χ2n) is 6.96. The Labute approximate surface area is 154 Å². The van der Waals surface area contributed by atoms with Gasteiger partial charge in [-0.1, -0.05) is 18.2 Å². The Hall–Kier alpha value is -2.15. The molecule has 6 nitrogen and oxygen atoms in total. The van der Waals surface area contributed by atoms with Gasteiger partial charge in [-0.3, -0.25) is 4.79 Å². The third-order valence-electron chi connectivity index (χ3n) is 5.05. The maximum absolute atomic E-state index is 13.0. The van der Waals surface area contributed by atoms with Crippen LogP contribution in [0.4, 0.5) is 0 Å². The van der Waals surface area contributed by atoms with E-state index >= 15 is 0 Å². The lowest BCUT2D eigenvalue weighted by atomic mass is 9.96. The van der Waals surface area contributed by atoms with Crippen LogP contribution in [-0.2, 0) is 4.79 Å². The van der Waals surface area contributed by atoms with E-state index in [1.54, 1.807) is 12.3 Å². The summed E-state index contributed by atoms with van der Waals surface area (Å²) >= 11 is 0. The summed E-state index contributed by atoms with van der Waals surface area (Å²) in [7, 11) is 1.94. The molecule has 2 atom stereocenters. The van der Waals surface area contributed by atoms with Crippen LogP contribution in [0.15, 0.2) is 42.2 Å². The fraction of sp³-hybridized carbons (Fsp3) is 0.450. The average molecular weight is 358 g/mol. The fourth-order valence-corrected chi connectivity index (χ4v) is 3.60. The minimum absolute atomic E-state index is 0.0488. The third-order valence-corrected chi connectivity index (χ3v) is 5.05. The molecule has 1 fully saturated rings. The molecule has 2 aliphatic heterocycles. The molecule has 0 aromatic heterocycles. The number of amides is 1. The maximum atomic E-state index is 13.0. The molecule has 1 aromatic carbocycles. The number of benzene rings is 1. The number of fused-ring (bicyclic) bond motifs is 1. The first-order valence-electron chi connectivity index (χ1n) is 8.96. The van der Waals surface area contributed by atoms with Crippen molar-refractivity contribution < 1.29 is 19.7 Å². The molecule has 0 spiro atoms. The van der Waals surface area contributed by atoms with Crippen LogP contribution in [0.2, 0.25) is 0 Å². The number of aliphatic hydroxyl groups is 2. The van der Waals surface area contributed by atoms with Crippen molar-refractivity contribution in [3.63, 3.8) is 0 Å². The van der Waals surface area contributed by atoms with Crippen LogP contribution < -0.4 is 4.74 Å². The second kappa shape index (κ2) is 8.49. The number of hydrogen-bond acceptors (Lipinski definition) is 5. The van der Waals surface area contributed by atoms with Crippen LogP contribution in [0.25, 0.3) is 6.08 Å². The van der Waals surface area contributed by atoms with E-state index in [-0.39, 0.29) is 31.0 Å². The summed E-state index contributed by atoms with van der Waals surface area (Å²) in [4.78, 5) is 16.8. The summed E-state index contributed by atoms with van der Waals surface area (Å²) in [6.45, 7) is 2.64. The number of ether oxygens (including phenoxy) is 1. The molecule has 1 amide bonds. The Morgan fingerprint density at radius 1 is 1.27 bits per heavy atom. The van der Waals surface area contributed by atoms with Crippen LogP contribution in [0.3, 0.4) is 0 Å². The molecule has 140 valence electrons. The van der Waals surface area contributed by atoms with E-state index in [0.717, 1.165) is 17.9 Å². The number of hydrogen-bond donors (Lipinski definition) is 2. The van der Waals surface area contributed by atoms with Gasteiger partial charge >= 0.3 is 0 Å². The predicted octanol–water partition coefficient (Wildman–Crippen LogP) is 0.967. The zero-order valence-electron chi connectivity index (χ0n) is 15.0. The first-order chi connectivity index (χ1) is 12.6. The van der Waals surface area contributed by atoms with Gasteiger partial charge in [-0.25, -0.2) is 0 Å². The summed E-state index contributed by atoms with van der Waals surface area (Å²) in [5.41, 5.74) is 1.45. The van der Waals surface area contributed by atoms with Crippen LogP contribution in [0, 0.1) is 11.8 Å². The van der Waals surface area contributed by atoms with Gasteiger partial charge in [0.1, 0.15) is 5.75 Å². The zero-order chi connectivity index (χ0) is 18.5. The Balaban J connectivity index is 1.73. The standard InChI is InChI=1S/C20H26N2O4/c1-21(7-8-23)11-17-12-22(13-18(17)14-24)20(25)16-6-9-26-19-5-3-2-4-15(19)10-16/h2-6,9-10,17-18,23-24H,7-8,11-14H2,1H3/t17-,18-/m1/s1. The zero-order valence-corrected chi connectivity index (χ0v) is 15.0. The Bertz CT molecular complexity index is 701. The number of carbonyl (C=O) groups is 1. The van der Waals surface area contributed by atoms with Crippen molar-refractivity contribution in [2.45, 2.75) is 0 Å². The SMILES string of the molecule is CN(CCO)C[C@@H]1CN(C(=O)C2=Cc3ccccc3OC=C2)C[C@@H]1CO. The van der Waals surface area contributed by atoms with Gasteiger partial charge in [-0.2, -0.15) is 0 Å². The van der Waals surface area contributed by atoms with E-state index in [2.05, 4.69) is 0 Å². The summed E-state index contributed by atoms with van der Waals surface area (Å²) in [5.74, 6) is 0.926. The van der Waals surface area contributed by atoms with E-state index in [0.29, 0.717) is 25.2 Å². The number of para-hydroxylation sites is 1. The Morgan fingerprint density at radius 2 is 2.04 bits per heavy atom. The van der Waals surface area contributed by atoms with Crippen molar-refractivity contribution in [2.24, 2.45) is 11.8 Å². The number of likely N-dealkylation sites (N-methyl/N-ethyl adjacent to an activating group) is 1. The molecule has 0 radical (unpaired) electrons. The Morgan fingerprint density at radius 3 is 2.81 bits per heavy atom. The summed E-state index contributed by atoms with van der Waals surface area (Å²) in [6.07, 6.45) is 5.09. The normalized spacial score (nSPS) is 22.0. The first-order valence-corrected chi connectivity index (χ1v) is 8.96. The fourth-order valence-electron chi connectivity index (χ4n) is 3.60. The molecule has 1 saturated heterocycles. The van der Waals surface area contributed by atoms with Gasteiger partial charge in [0.05, 0.1) is 12.9 Å². The van der Waals surface area contributed by atoms with Gasteiger partial charge in [0.25, 0.3) is 5.91 Å². The van der Waals surface area contributed by atoms with Crippen LogP contribution in [0.5, 0.6) is 5.75 Å². The molecule has 6 heteroatoms. The smallest absolute Gasteiger partial charge is 0.254 e. The average Bonchev–Trinajstić information content (AvgIpc) is 2.91. The van der Waals surface area contributed by atoms with Crippen LogP contribution in [-0.4, -0.2) is 72.4 Å². The van der Waals surface area contributed by atoms with Gasteiger partial charge in [0.2, 0.25) is 0 Å². The highest BCUT2D eigenvalue weighted by Crippen LogP contribution is 2.28. The highest BCUT2D eigenvalue weighted by atomic mass is 16.5. The van der Waals surface area contributed by atoms with E-state index in [9.17, 15) is 9.90 Å². The number of likely N-dealkylation sites (tertiary alicyclic amines) is 1. The van der Waals surface area contributed by atoms with E-state index in [4.69, 9.17) is 9.84 Å². The molecule has 2 N–H and O–H groups in total. The molecule has 2 heterocycles. The van der Waals surface area contributed by atoms with Gasteiger partial charge in [0.15, 0.2) is 0 Å².